The smallest absolute Gasteiger partial charge is 0.268 e. The van der Waals surface area contributed by atoms with Crippen LogP contribution in [0.15, 0.2) is 29.2 Å². The van der Waals surface area contributed by atoms with E-state index >= 15 is 0 Å². The van der Waals surface area contributed by atoms with Crippen molar-refractivity contribution in [2.75, 3.05) is 26.5 Å². The number of hydrogen-bond acceptors (Lipinski definition) is 4. The largest absolute Gasteiger partial charge is 0.383 e. The second-order valence-electron chi connectivity index (χ2n) is 4.83. The number of rotatable bonds is 5. The van der Waals surface area contributed by atoms with Crippen molar-refractivity contribution in [2.24, 2.45) is 7.05 Å². The van der Waals surface area contributed by atoms with E-state index in [9.17, 15) is 13.2 Å². The van der Waals surface area contributed by atoms with E-state index in [2.05, 4.69) is 5.32 Å². The predicted octanol–water partition coefficient (Wildman–Crippen LogP) is 0.958. The van der Waals surface area contributed by atoms with Crippen LogP contribution in [0, 0.1) is 0 Å². The van der Waals surface area contributed by atoms with Gasteiger partial charge in [-0.25, -0.2) is 8.42 Å². The van der Waals surface area contributed by atoms with Crippen molar-refractivity contribution in [3.63, 3.8) is 0 Å². The maximum atomic E-state index is 12.1. The Bertz CT molecular complexity index is 778. The number of amides is 1. The Kier molecular flexibility index (Phi) is 4.34. The fourth-order valence-electron chi connectivity index (χ4n) is 2.13. The lowest BCUT2D eigenvalue weighted by Gasteiger charge is -2.05. The number of nitrogens with one attached hydrogen (secondary N) is 1. The molecule has 0 bridgehead atoms. The van der Waals surface area contributed by atoms with Crippen LogP contribution in [0.5, 0.6) is 0 Å². The van der Waals surface area contributed by atoms with Gasteiger partial charge >= 0.3 is 0 Å². The number of sulfone groups is 1. The summed E-state index contributed by atoms with van der Waals surface area (Å²) in [5.41, 5.74) is 1.28. The lowest BCUT2D eigenvalue weighted by atomic mass is 10.2. The van der Waals surface area contributed by atoms with Gasteiger partial charge in [-0.15, -0.1) is 0 Å². The molecule has 1 aromatic heterocycles. The van der Waals surface area contributed by atoms with Crippen molar-refractivity contribution < 1.29 is 17.9 Å². The molecule has 1 N–H and O–H groups in total. The van der Waals surface area contributed by atoms with E-state index in [1.165, 1.54) is 0 Å². The lowest BCUT2D eigenvalue weighted by molar-refractivity contribution is 0.0929. The van der Waals surface area contributed by atoms with Crippen LogP contribution in [-0.4, -0.2) is 45.4 Å². The number of aryl methyl sites for hydroxylation is 1. The first-order valence-corrected chi connectivity index (χ1v) is 8.30. The van der Waals surface area contributed by atoms with Crippen LogP contribution < -0.4 is 5.32 Å². The number of nitrogens with zero attached hydrogens (tertiary/aromatic N) is 1. The van der Waals surface area contributed by atoms with Crippen LogP contribution in [0.1, 0.15) is 10.5 Å². The van der Waals surface area contributed by atoms with Gasteiger partial charge in [-0.3, -0.25) is 4.79 Å². The maximum Gasteiger partial charge on any atom is 0.268 e. The molecule has 1 aromatic carbocycles. The molecule has 1 heterocycles. The Morgan fingerprint density at radius 3 is 2.67 bits per heavy atom. The zero-order chi connectivity index (χ0) is 15.6. The number of methoxy groups -OCH3 is 1. The molecule has 0 fully saturated rings. The first kappa shape index (κ1) is 15.5. The second-order valence-corrected chi connectivity index (χ2v) is 6.85. The Hall–Kier alpha value is -1.86. The number of benzene rings is 1. The van der Waals surface area contributed by atoms with E-state index in [0.29, 0.717) is 18.8 Å². The van der Waals surface area contributed by atoms with Gasteiger partial charge < -0.3 is 14.6 Å². The van der Waals surface area contributed by atoms with Crippen LogP contribution >= 0.6 is 0 Å². The quantitative estimate of drug-likeness (QED) is 0.834. The molecule has 21 heavy (non-hydrogen) atoms. The predicted molar refractivity (Wildman–Crippen MR) is 80.2 cm³/mol. The van der Waals surface area contributed by atoms with Gasteiger partial charge in [0.15, 0.2) is 9.84 Å². The summed E-state index contributed by atoms with van der Waals surface area (Å²) in [4.78, 5) is 12.3. The number of fused-ring (bicyclic) bond motifs is 1. The zero-order valence-corrected chi connectivity index (χ0v) is 13.0. The number of ether oxygens (including phenoxy) is 1. The average molecular weight is 310 g/mol. The van der Waals surface area contributed by atoms with E-state index in [4.69, 9.17) is 4.74 Å². The average Bonchev–Trinajstić information content (AvgIpc) is 2.75. The summed E-state index contributed by atoms with van der Waals surface area (Å²) in [6.07, 6.45) is 1.16. The summed E-state index contributed by atoms with van der Waals surface area (Å²) < 4.78 is 29.8. The summed E-state index contributed by atoms with van der Waals surface area (Å²) in [5.74, 6) is -0.216. The summed E-state index contributed by atoms with van der Waals surface area (Å²) in [6.45, 7) is 0.860. The molecule has 7 heteroatoms. The Morgan fingerprint density at radius 2 is 2.05 bits per heavy atom. The molecule has 0 radical (unpaired) electrons. The molecule has 0 unspecified atom stereocenters. The molecule has 2 rings (SSSR count). The summed E-state index contributed by atoms with van der Waals surface area (Å²) >= 11 is 0. The van der Waals surface area contributed by atoms with Crippen LogP contribution in [-0.2, 0) is 21.6 Å². The van der Waals surface area contributed by atoms with Gasteiger partial charge in [-0.2, -0.15) is 0 Å². The van der Waals surface area contributed by atoms with E-state index in [0.717, 1.165) is 17.2 Å². The van der Waals surface area contributed by atoms with Crippen LogP contribution in [0.3, 0.4) is 0 Å². The van der Waals surface area contributed by atoms with Crippen LogP contribution in [0.4, 0.5) is 0 Å². The van der Waals surface area contributed by atoms with Crippen LogP contribution in [0.25, 0.3) is 10.9 Å². The van der Waals surface area contributed by atoms with Crippen LogP contribution in [0.2, 0.25) is 0 Å². The molecule has 0 saturated carbocycles. The van der Waals surface area contributed by atoms with E-state index < -0.39 is 9.84 Å². The van der Waals surface area contributed by atoms with Gasteiger partial charge in [0.1, 0.15) is 5.69 Å². The summed E-state index contributed by atoms with van der Waals surface area (Å²) in [6, 6.07) is 6.52. The monoisotopic (exact) mass is 310 g/mol. The van der Waals surface area contributed by atoms with Crippen molar-refractivity contribution >= 4 is 26.6 Å². The third kappa shape index (κ3) is 3.25. The Labute approximate surface area is 123 Å². The van der Waals surface area contributed by atoms with Crippen molar-refractivity contribution in [1.82, 2.24) is 9.88 Å². The fraction of sp³-hybridized carbons (Fsp3) is 0.357. The minimum atomic E-state index is -3.26. The number of aromatic nitrogens is 1. The lowest BCUT2D eigenvalue weighted by Crippen LogP contribution is -2.28. The molecule has 0 spiro atoms. The van der Waals surface area contributed by atoms with E-state index in [-0.39, 0.29) is 10.8 Å². The Morgan fingerprint density at radius 1 is 1.33 bits per heavy atom. The highest BCUT2D eigenvalue weighted by Gasteiger charge is 2.15. The number of carbonyl (C=O) groups excluding carboxylic acids is 1. The van der Waals surface area contributed by atoms with Crippen molar-refractivity contribution in [1.29, 1.82) is 0 Å². The highest BCUT2D eigenvalue weighted by molar-refractivity contribution is 7.90. The van der Waals surface area contributed by atoms with Crippen molar-refractivity contribution in [3.05, 3.63) is 30.0 Å². The Balaban J connectivity index is 2.39. The third-order valence-electron chi connectivity index (χ3n) is 3.27. The van der Waals surface area contributed by atoms with Gasteiger partial charge in [-0.05, 0) is 24.3 Å². The van der Waals surface area contributed by atoms with Gasteiger partial charge in [0.25, 0.3) is 5.91 Å². The summed E-state index contributed by atoms with van der Waals surface area (Å²) in [5, 5.41) is 3.46. The van der Waals surface area contributed by atoms with Crippen molar-refractivity contribution in [3.8, 4) is 0 Å². The maximum absolute atomic E-state index is 12.1. The van der Waals surface area contributed by atoms with Gasteiger partial charge in [0, 0.05) is 37.9 Å². The number of hydrogen-bond donors (Lipinski definition) is 1. The standard InChI is InChI=1S/C14H18N2O4S/c1-16-12-5-4-11(21(3,18)19)8-10(12)9-13(16)14(17)15-6-7-20-2/h4-5,8-9H,6-7H2,1-3H3,(H,15,17). The minimum absolute atomic E-state index is 0.216. The number of carbonyl (C=O) groups is 1. The van der Waals surface area contributed by atoms with Gasteiger partial charge in [0.2, 0.25) is 0 Å². The first-order chi connectivity index (χ1) is 9.84. The second kappa shape index (κ2) is 5.87. The third-order valence-corrected chi connectivity index (χ3v) is 4.38. The van der Waals surface area contributed by atoms with E-state index in [1.807, 2.05) is 0 Å². The minimum Gasteiger partial charge on any atom is -0.383 e. The first-order valence-electron chi connectivity index (χ1n) is 6.41. The van der Waals surface area contributed by atoms with Gasteiger partial charge in [0.05, 0.1) is 11.5 Å². The fourth-order valence-corrected chi connectivity index (χ4v) is 2.79. The zero-order valence-electron chi connectivity index (χ0n) is 12.2. The molecule has 0 aliphatic rings. The molecule has 6 nitrogen and oxygen atoms in total. The van der Waals surface area contributed by atoms with Gasteiger partial charge in [-0.1, -0.05) is 0 Å². The molecule has 0 aliphatic carbocycles. The molecular formula is C14H18N2O4S. The molecule has 1 amide bonds. The van der Waals surface area contributed by atoms with Crippen molar-refractivity contribution in [2.45, 2.75) is 4.90 Å². The molecule has 0 saturated heterocycles. The topological polar surface area (TPSA) is 77.4 Å². The molecular weight excluding hydrogens is 292 g/mol. The molecule has 114 valence electrons. The highest BCUT2D eigenvalue weighted by atomic mass is 32.2. The SMILES string of the molecule is COCCNC(=O)c1cc2cc(S(C)(=O)=O)ccc2n1C. The summed E-state index contributed by atoms with van der Waals surface area (Å²) in [7, 11) is 0.0746. The molecule has 0 aliphatic heterocycles. The normalized spacial score (nSPS) is 11.8. The molecule has 0 atom stereocenters. The van der Waals surface area contributed by atoms with E-state index in [1.54, 1.807) is 43.0 Å². The highest BCUT2D eigenvalue weighted by Crippen LogP contribution is 2.22. The molecule has 2 aromatic rings.